The zero-order valence-corrected chi connectivity index (χ0v) is 15.2. The number of anilines is 1. The van der Waals surface area contributed by atoms with E-state index in [1.807, 2.05) is 6.92 Å². The average molecular weight is 367 g/mol. The van der Waals surface area contributed by atoms with Gasteiger partial charge in [0.1, 0.15) is 6.54 Å². The highest BCUT2D eigenvalue weighted by molar-refractivity contribution is 7.92. The van der Waals surface area contributed by atoms with Crippen LogP contribution in [0, 0.1) is 6.92 Å². The molecule has 136 valence electrons. The Morgan fingerprint density at radius 2 is 2.04 bits per heavy atom. The quantitative estimate of drug-likeness (QED) is 0.638. The summed E-state index contributed by atoms with van der Waals surface area (Å²) < 4.78 is 31.9. The van der Waals surface area contributed by atoms with Crippen LogP contribution < -0.4 is 4.31 Å². The Morgan fingerprint density at radius 1 is 1.32 bits per heavy atom. The van der Waals surface area contributed by atoms with Gasteiger partial charge < -0.3 is 4.74 Å². The van der Waals surface area contributed by atoms with E-state index >= 15 is 0 Å². The Bertz CT molecular complexity index is 834. The van der Waals surface area contributed by atoms with Crippen LogP contribution in [-0.2, 0) is 32.7 Å². The summed E-state index contributed by atoms with van der Waals surface area (Å²) in [5.74, 6) is -0.267. The fourth-order valence-corrected chi connectivity index (χ4v) is 3.15. The molecular formula is C15H21N5O4S. The average Bonchev–Trinajstić information content (AvgIpc) is 2.98. The van der Waals surface area contributed by atoms with Crippen LogP contribution in [0.3, 0.4) is 0 Å². The smallest absolute Gasteiger partial charge is 0.327 e. The van der Waals surface area contributed by atoms with Gasteiger partial charge >= 0.3 is 5.97 Å². The fraction of sp³-hybridized carbons (Fsp3) is 0.467. The first-order valence-electron chi connectivity index (χ1n) is 7.77. The van der Waals surface area contributed by atoms with E-state index in [0.29, 0.717) is 18.1 Å². The summed E-state index contributed by atoms with van der Waals surface area (Å²) in [5, 5.41) is 11.1. The number of tetrazole rings is 1. The molecule has 2 rings (SSSR count). The minimum atomic E-state index is -3.64. The molecule has 0 aliphatic rings. The third-order valence-corrected chi connectivity index (χ3v) is 4.59. The second-order valence-electron chi connectivity index (χ2n) is 5.54. The van der Waals surface area contributed by atoms with Gasteiger partial charge in [0.25, 0.3) is 0 Å². The summed E-state index contributed by atoms with van der Waals surface area (Å²) in [6, 6.07) is 6.93. The van der Waals surface area contributed by atoms with Gasteiger partial charge in [0.2, 0.25) is 10.0 Å². The summed E-state index contributed by atoms with van der Waals surface area (Å²) in [4.78, 5) is 12.1. The third kappa shape index (κ3) is 4.99. The topological polar surface area (TPSA) is 107 Å². The van der Waals surface area contributed by atoms with E-state index in [4.69, 9.17) is 4.74 Å². The zero-order valence-electron chi connectivity index (χ0n) is 14.4. The van der Waals surface area contributed by atoms with E-state index in [0.717, 1.165) is 22.5 Å². The van der Waals surface area contributed by atoms with Gasteiger partial charge in [-0.25, -0.2) is 13.1 Å². The normalized spacial score (nSPS) is 11.3. The van der Waals surface area contributed by atoms with Gasteiger partial charge in [0.15, 0.2) is 12.4 Å². The fourth-order valence-electron chi connectivity index (χ4n) is 2.24. The molecule has 0 bridgehead atoms. The Morgan fingerprint density at radius 3 is 2.68 bits per heavy atom. The van der Waals surface area contributed by atoms with Crippen LogP contribution in [0.25, 0.3) is 0 Å². The number of nitrogens with zero attached hydrogens (tertiary/aromatic N) is 5. The van der Waals surface area contributed by atoms with Crippen molar-refractivity contribution in [2.75, 3.05) is 17.1 Å². The van der Waals surface area contributed by atoms with Crippen molar-refractivity contribution in [3.8, 4) is 0 Å². The van der Waals surface area contributed by atoms with Crippen LogP contribution in [0.1, 0.15) is 24.7 Å². The Balaban J connectivity index is 2.08. The van der Waals surface area contributed by atoms with Gasteiger partial charge in [-0.1, -0.05) is 25.1 Å². The van der Waals surface area contributed by atoms with Gasteiger partial charge in [-0.2, -0.15) is 0 Å². The number of esters is 1. The molecule has 25 heavy (non-hydrogen) atoms. The summed E-state index contributed by atoms with van der Waals surface area (Å²) in [5.41, 5.74) is 1.19. The number of para-hydroxylation sites is 1. The molecule has 0 aliphatic carbocycles. The van der Waals surface area contributed by atoms with Crippen molar-refractivity contribution < 1.29 is 17.9 Å². The standard InChI is InChI=1S/C15H21N5O4S/c1-4-9-19-14(16-17-18-19)11-24-15(21)10-20(25(3,22)23)13-8-6-5-7-12(13)2/h5-8H,4,9-11H2,1-3H3. The number of ether oxygens (including phenoxy) is 1. The maximum Gasteiger partial charge on any atom is 0.327 e. The maximum atomic E-state index is 12.1. The SMILES string of the molecule is CCCn1nnnc1COC(=O)CN(c1ccccc1C)S(C)(=O)=O. The number of hydrogen-bond acceptors (Lipinski definition) is 7. The Kier molecular flexibility index (Phi) is 6.07. The van der Waals surface area contributed by atoms with E-state index in [1.54, 1.807) is 35.9 Å². The highest BCUT2D eigenvalue weighted by Gasteiger charge is 2.23. The number of carbonyl (C=O) groups is 1. The van der Waals surface area contributed by atoms with Crippen LogP contribution >= 0.6 is 0 Å². The molecule has 0 saturated heterocycles. The number of aromatic nitrogens is 4. The molecule has 1 heterocycles. The molecule has 0 saturated carbocycles. The van der Waals surface area contributed by atoms with Crippen molar-refractivity contribution in [2.24, 2.45) is 0 Å². The lowest BCUT2D eigenvalue weighted by Crippen LogP contribution is -2.36. The van der Waals surface area contributed by atoms with Crippen molar-refractivity contribution in [1.82, 2.24) is 20.2 Å². The molecule has 0 fully saturated rings. The monoisotopic (exact) mass is 367 g/mol. The van der Waals surface area contributed by atoms with Gasteiger partial charge in [0.05, 0.1) is 11.9 Å². The largest absolute Gasteiger partial charge is 0.456 e. The first-order valence-corrected chi connectivity index (χ1v) is 9.61. The number of sulfonamides is 1. The molecule has 9 nitrogen and oxygen atoms in total. The van der Waals surface area contributed by atoms with E-state index in [-0.39, 0.29) is 6.61 Å². The van der Waals surface area contributed by atoms with Crippen molar-refractivity contribution in [3.05, 3.63) is 35.7 Å². The molecule has 0 radical (unpaired) electrons. The molecule has 1 aromatic heterocycles. The van der Waals surface area contributed by atoms with E-state index < -0.39 is 22.5 Å². The van der Waals surface area contributed by atoms with Gasteiger partial charge in [-0.15, -0.1) is 5.10 Å². The molecule has 0 atom stereocenters. The maximum absolute atomic E-state index is 12.1. The summed E-state index contributed by atoms with van der Waals surface area (Å²) >= 11 is 0. The highest BCUT2D eigenvalue weighted by Crippen LogP contribution is 2.21. The lowest BCUT2D eigenvalue weighted by molar-refractivity contribution is -0.143. The van der Waals surface area contributed by atoms with Crippen LogP contribution in [0.4, 0.5) is 5.69 Å². The first-order chi connectivity index (χ1) is 11.8. The molecule has 1 aromatic carbocycles. The first kappa shape index (κ1) is 18.8. The third-order valence-electron chi connectivity index (χ3n) is 3.46. The van der Waals surface area contributed by atoms with E-state index in [1.165, 1.54) is 0 Å². The molecule has 0 N–H and O–H groups in total. The second kappa shape index (κ2) is 8.06. The predicted molar refractivity (Wildman–Crippen MR) is 91.3 cm³/mol. The molecule has 0 spiro atoms. The lowest BCUT2D eigenvalue weighted by atomic mass is 10.2. The molecule has 0 aliphatic heterocycles. The van der Waals surface area contributed by atoms with Crippen molar-refractivity contribution in [2.45, 2.75) is 33.4 Å². The molecular weight excluding hydrogens is 346 g/mol. The zero-order chi connectivity index (χ0) is 18.4. The van der Waals surface area contributed by atoms with Gasteiger partial charge in [0, 0.05) is 6.54 Å². The Hall–Kier alpha value is -2.49. The van der Waals surface area contributed by atoms with Gasteiger partial charge in [-0.05, 0) is 35.4 Å². The van der Waals surface area contributed by atoms with Crippen molar-refractivity contribution >= 4 is 21.7 Å². The Labute approximate surface area is 146 Å². The van der Waals surface area contributed by atoms with Crippen molar-refractivity contribution in [3.63, 3.8) is 0 Å². The van der Waals surface area contributed by atoms with E-state index in [9.17, 15) is 13.2 Å². The predicted octanol–water partition coefficient (Wildman–Crippen LogP) is 0.901. The van der Waals surface area contributed by atoms with Crippen LogP contribution in [0.15, 0.2) is 24.3 Å². The lowest BCUT2D eigenvalue weighted by Gasteiger charge is -2.23. The number of aryl methyl sites for hydroxylation is 2. The number of benzene rings is 1. The van der Waals surface area contributed by atoms with Gasteiger partial charge in [-0.3, -0.25) is 9.10 Å². The molecule has 0 amide bonds. The highest BCUT2D eigenvalue weighted by atomic mass is 32.2. The summed E-state index contributed by atoms with van der Waals surface area (Å²) in [7, 11) is -3.64. The van der Waals surface area contributed by atoms with E-state index in [2.05, 4.69) is 15.5 Å². The molecule has 0 unspecified atom stereocenters. The minimum Gasteiger partial charge on any atom is -0.456 e. The van der Waals surface area contributed by atoms with Crippen LogP contribution in [-0.4, -0.2) is 47.4 Å². The minimum absolute atomic E-state index is 0.114. The van der Waals surface area contributed by atoms with Crippen LogP contribution in [0.5, 0.6) is 0 Å². The number of carbonyl (C=O) groups excluding carboxylic acids is 1. The second-order valence-corrected chi connectivity index (χ2v) is 7.44. The van der Waals surface area contributed by atoms with Crippen molar-refractivity contribution in [1.29, 1.82) is 0 Å². The molecule has 2 aromatic rings. The number of rotatable bonds is 8. The summed E-state index contributed by atoms with van der Waals surface area (Å²) in [6.07, 6.45) is 1.88. The summed E-state index contributed by atoms with van der Waals surface area (Å²) in [6.45, 7) is 3.83. The number of hydrogen-bond donors (Lipinski definition) is 0. The molecule has 10 heteroatoms. The van der Waals surface area contributed by atoms with Crippen LogP contribution in [0.2, 0.25) is 0 Å².